The number of rotatable bonds is 7. The number of hydrogen-bond acceptors (Lipinski definition) is 5. The van der Waals surface area contributed by atoms with Crippen molar-refractivity contribution >= 4 is 11.9 Å². The molecule has 1 unspecified atom stereocenters. The Hall–Kier alpha value is -2.74. The smallest absolute Gasteiger partial charge is 0.305 e. The lowest BCUT2D eigenvalue weighted by Gasteiger charge is -2.28. The third-order valence-corrected chi connectivity index (χ3v) is 3.81. The second-order valence-corrected chi connectivity index (χ2v) is 6.29. The molecule has 1 amide bonds. The summed E-state index contributed by atoms with van der Waals surface area (Å²) in [5.74, 6) is -1.52. The van der Waals surface area contributed by atoms with Gasteiger partial charge in [-0.1, -0.05) is 22.9 Å². The topological polar surface area (TPSA) is 106 Å². The van der Waals surface area contributed by atoms with Gasteiger partial charge in [0.15, 0.2) is 5.69 Å². The molecule has 0 aliphatic heterocycles. The maximum atomic E-state index is 12.6. The lowest BCUT2D eigenvalue weighted by molar-refractivity contribution is -0.139. The van der Waals surface area contributed by atoms with Crippen LogP contribution in [0, 0.1) is 13.8 Å². The van der Waals surface area contributed by atoms with Crippen LogP contribution in [0.4, 0.5) is 0 Å². The molecule has 1 atom stereocenters. The molecule has 0 saturated carbocycles. The number of carboxylic acids is 1. The zero-order valence-corrected chi connectivity index (χ0v) is 14.7. The van der Waals surface area contributed by atoms with E-state index < -0.39 is 17.4 Å². The van der Waals surface area contributed by atoms with Crippen LogP contribution >= 0.6 is 0 Å². The van der Waals surface area contributed by atoms with E-state index in [1.807, 2.05) is 31.2 Å². The molecular formula is C17H22N4O4. The van der Waals surface area contributed by atoms with Gasteiger partial charge in [-0.3, -0.25) is 9.59 Å². The van der Waals surface area contributed by atoms with Crippen molar-refractivity contribution in [2.45, 2.75) is 32.7 Å². The first-order valence-electron chi connectivity index (χ1n) is 7.78. The first-order chi connectivity index (χ1) is 11.8. The Morgan fingerprint density at radius 2 is 1.92 bits per heavy atom. The number of nitrogens with one attached hydrogen (secondary N) is 1. The number of carbonyl (C=O) groups excluding carboxylic acids is 1. The number of carbonyl (C=O) groups is 2. The van der Waals surface area contributed by atoms with Gasteiger partial charge in [0.1, 0.15) is 0 Å². The normalized spacial score (nSPS) is 13.3. The van der Waals surface area contributed by atoms with Gasteiger partial charge in [0.25, 0.3) is 5.91 Å². The number of methoxy groups -OCH3 is 1. The molecule has 0 bridgehead atoms. The highest BCUT2D eigenvalue weighted by molar-refractivity contribution is 5.94. The van der Waals surface area contributed by atoms with Crippen molar-refractivity contribution < 1.29 is 19.4 Å². The van der Waals surface area contributed by atoms with E-state index in [9.17, 15) is 9.59 Å². The van der Waals surface area contributed by atoms with Crippen LogP contribution in [0.15, 0.2) is 24.3 Å². The molecule has 0 radical (unpaired) electrons. The molecule has 0 spiro atoms. The Morgan fingerprint density at radius 3 is 2.48 bits per heavy atom. The fourth-order valence-corrected chi connectivity index (χ4v) is 2.59. The zero-order chi connectivity index (χ0) is 18.6. The summed E-state index contributed by atoms with van der Waals surface area (Å²) in [4.78, 5) is 23.6. The summed E-state index contributed by atoms with van der Waals surface area (Å²) in [7, 11) is 1.45. The van der Waals surface area contributed by atoms with Crippen LogP contribution in [0.3, 0.4) is 0 Å². The monoisotopic (exact) mass is 346 g/mol. The molecule has 8 heteroatoms. The molecule has 1 aromatic heterocycles. The number of ether oxygens (including phenoxy) is 1. The average molecular weight is 346 g/mol. The van der Waals surface area contributed by atoms with E-state index in [0.29, 0.717) is 5.69 Å². The number of nitrogens with zero attached hydrogens (tertiary/aromatic N) is 3. The average Bonchev–Trinajstić information content (AvgIpc) is 2.89. The van der Waals surface area contributed by atoms with Crippen molar-refractivity contribution in [1.29, 1.82) is 0 Å². The van der Waals surface area contributed by atoms with Gasteiger partial charge >= 0.3 is 5.97 Å². The second-order valence-electron chi connectivity index (χ2n) is 6.29. The van der Waals surface area contributed by atoms with E-state index in [1.165, 1.54) is 7.11 Å². The summed E-state index contributed by atoms with van der Waals surface area (Å²) in [5.41, 5.74) is 1.57. The van der Waals surface area contributed by atoms with Gasteiger partial charge in [0, 0.05) is 7.11 Å². The van der Waals surface area contributed by atoms with Crippen molar-refractivity contribution in [3.8, 4) is 5.69 Å². The number of benzene rings is 1. The molecule has 1 aromatic carbocycles. The quantitative estimate of drug-likeness (QED) is 0.787. The minimum atomic E-state index is -1.04. The van der Waals surface area contributed by atoms with E-state index in [1.54, 1.807) is 18.5 Å². The Balaban J connectivity index is 2.25. The Kier molecular flexibility index (Phi) is 5.53. The molecule has 0 aliphatic rings. The van der Waals surface area contributed by atoms with Crippen LogP contribution in [0.5, 0.6) is 0 Å². The van der Waals surface area contributed by atoms with Gasteiger partial charge in [0.2, 0.25) is 0 Å². The summed E-state index contributed by atoms with van der Waals surface area (Å²) in [6.45, 7) is 5.40. The molecule has 0 aliphatic carbocycles. The first-order valence-corrected chi connectivity index (χ1v) is 7.78. The lowest BCUT2D eigenvalue weighted by atomic mass is 9.98. The molecule has 134 valence electrons. The minimum absolute atomic E-state index is 0.0657. The van der Waals surface area contributed by atoms with Crippen molar-refractivity contribution in [3.05, 3.63) is 41.2 Å². The SMILES string of the molecule is COCC(C)(CC(=O)O)NC(=O)c1nnn(-c2ccc(C)cc2)c1C. The van der Waals surface area contributed by atoms with Gasteiger partial charge in [0.05, 0.1) is 29.9 Å². The predicted molar refractivity (Wildman–Crippen MR) is 90.8 cm³/mol. The molecule has 1 heterocycles. The van der Waals surface area contributed by atoms with Gasteiger partial charge in [-0.05, 0) is 32.9 Å². The fourth-order valence-electron chi connectivity index (χ4n) is 2.59. The van der Waals surface area contributed by atoms with E-state index in [-0.39, 0.29) is 18.7 Å². The molecule has 0 saturated heterocycles. The Labute approximate surface area is 145 Å². The van der Waals surface area contributed by atoms with Crippen LogP contribution < -0.4 is 5.32 Å². The number of aryl methyl sites for hydroxylation is 1. The summed E-state index contributed by atoms with van der Waals surface area (Å²) >= 11 is 0. The van der Waals surface area contributed by atoms with Gasteiger partial charge in [-0.15, -0.1) is 5.10 Å². The summed E-state index contributed by atoms with van der Waals surface area (Å²) in [6.07, 6.45) is -0.266. The third-order valence-electron chi connectivity index (χ3n) is 3.81. The largest absolute Gasteiger partial charge is 0.481 e. The van der Waals surface area contributed by atoms with Crippen LogP contribution in [0.2, 0.25) is 0 Å². The maximum absolute atomic E-state index is 12.6. The fraction of sp³-hybridized carbons (Fsp3) is 0.412. The zero-order valence-electron chi connectivity index (χ0n) is 14.7. The predicted octanol–water partition coefficient (Wildman–Crippen LogP) is 1.49. The summed E-state index contributed by atoms with van der Waals surface area (Å²) in [6, 6.07) is 7.66. The van der Waals surface area contributed by atoms with Crippen LogP contribution in [0.1, 0.15) is 35.1 Å². The molecule has 8 nitrogen and oxygen atoms in total. The number of aliphatic carboxylic acids is 1. The van der Waals surface area contributed by atoms with E-state index in [4.69, 9.17) is 9.84 Å². The van der Waals surface area contributed by atoms with Gasteiger partial charge < -0.3 is 15.2 Å². The minimum Gasteiger partial charge on any atom is -0.481 e. The first kappa shape index (κ1) is 18.6. The van der Waals surface area contributed by atoms with Gasteiger partial charge in [-0.2, -0.15) is 0 Å². The Bertz CT molecular complexity index is 769. The van der Waals surface area contributed by atoms with Crippen molar-refractivity contribution in [2.24, 2.45) is 0 Å². The summed E-state index contributed by atoms with van der Waals surface area (Å²) in [5, 5.41) is 19.7. The van der Waals surface area contributed by atoms with E-state index in [2.05, 4.69) is 15.6 Å². The second kappa shape index (κ2) is 7.43. The van der Waals surface area contributed by atoms with Crippen LogP contribution in [-0.2, 0) is 9.53 Å². The summed E-state index contributed by atoms with van der Waals surface area (Å²) < 4.78 is 6.61. The lowest BCUT2D eigenvalue weighted by Crippen LogP contribution is -2.51. The number of aromatic nitrogens is 3. The van der Waals surface area contributed by atoms with E-state index >= 15 is 0 Å². The molecule has 2 rings (SSSR count). The highest BCUT2D eigenvalue weighted by Crippen LogP contribution is 2.16. The van der Waals surface area contributed by atoms with Crippen molar-refractivity contribution in [1.82, 2.24) is 20.3 Å². The van der Waals surface area contributed by atoms with Crippen molar-refractivity contribution in [3.63, 3.8) is 0 Å². The number of amides is 1. The Morgan fingerprint density at radius 1 is 1.28 bits per heavy atom. The molecule has 2 aromatic rings. The third kappa shape index (κ3) is 4.42. The van der Waals surface area contributed by atoms with Gasteiger partial charge in [-0.25, -0.2) is 4.68 Å². The standard InChI is InChI=1S/C17H22N4O4/c1-11-5-7-13(8-6-11)21-12(2)15(19-20-21)16(24)18-17(3,10-25-4)9-14(22)23/h5-8H,9-10H2,1-4H3,(H,18,24)(H,22,23). The maximum Gasteiger partial charge on any atom is 0.305 e. The molecule has 25 heavy (non-hydrogen) atoms. The highest BCUT2D eigenvalue weighted by atomic mass is 16.5. The molecular weight excluding hydrogens is 324 g/mol. The van der Waals surface area contributed by atoms with E-state index in [0.717, 1.165) is 11.3 Å². The molecule has 0 fully saturated rings. The highest BCUT2D eigenvalue weighted by Gasteiger charge is 2.31. The van der Waals surface area contributed by atoms with Crippen LogP contribution in [0.25, 0.3) is 5.69 Å². The number of carboxylic acid groups (broad SMARTS) is 1. The van der Waals surface area contributed by atoms with Crippen LogP contribution in [-0.4, -0.2) is 51.2 Å². The number of hydrogen-bond donors (Lipinski definition) is 2. The van der Waals surface area contributed by atoms with Crippen molar-refractivity contribution in [2.75, 3.05) is 13.7 Å². The molecule has 2 N–H and O–H groups in total.